The van der Waals surface area contributed by atoms with Crippen LogP contribution in [0.5, 0.6) is 0 Å². The van der Waals surface area contributed by atoms with Crippen molar-refractivity contribution in [3.05, 3.63) is 35.5 Å². The van der Waals surface area contributed by atoms with E-state index in [4.69, 9.17) is 0 Å². The van der Waals surface area contributed by atoms with Crippen LogP contribution in [0.25, 0.3) is 10.9 Å². The Morgan fingerprint density at radius 2 is 2.21 bits per heavy atom. The van der Waals surface area contributed by atoms with Gasteiger partial charge in [-0.25, -0.2) is 8.78 Å². The predicted molar refractivity (Wildman–Crippen MR) is 68.2 cm³/mol. The number of rotatable bonds is 2. The zero-order valence-electron chi connectivity index (χ0n) is 10.5. The molecular weight excluding hydrogens is 250 g/mol. The first-order valence-electron chi connectivity index (χ1n) is 6.28. The number of likely N-dealkylation sites (tertiary alicyclic amines) is 1. The first-order valence-corrected chi connectivity index (χ1v) is 6.28. The van der Waals surface area contributed by atoms with Crippen molar-refractivity contribution in [2.75, 3.05) is 13.6 Å². The quantitative estimate of drug-likeness (QED) is 0.847. The summed E-state index contributed by atoms with van der Waals surface area (Å²) < 4.78 is 27.0. The van der Waals surface area contributed by atoms with Crippen molar-refractivity contribution < 1.29 is 13.6 Å². The summed E-state index contributed by atoms with van der Waals surface area (Å²) in [5.74, 6) is -1.44. The Bertz CT molecular complexity index is 650. The summed E-state index contributed by atoms with van der Waals surface area (Å²) in [6, 6.07) is 1.81. The van der Waals surface area contributed by atoms with Gasteiger partial charge in [0, 0.05) is 23.2 Å². The lowest BCUT2D eigenvalue weighted by atomic mass is 10.0. The molecule has 1 atom stereocenters. The molecule has 0 unspecified atom stereocenters. The van der Waals surface area contributed by atoms with Crippen LogP contribution in [0, 0.1) is 11.6 Å². The van der Waals surface area contributed by atoms with Gasteiger partial charge in [-0.05, 0) is 32.5 Å². The monoisotopic (exact) mass is 264 g/mol. The Kier molecular flexibility index (Phi) is 2.86. The maximum absolute atomic E-state index is 13.9. The summed E-state index contributed by atoms with van der Waals surface area (Å²) >= 11 is 0. The SMILES string of the molecule is CN1CCC[C@H]1C(=O)c1c[nH]c2cc(F)cc(F)c12. The molecular formula is C14H14F2N2O. The molecule has 100 valence electrons. The molecule has 5 heteroatoms. The topological polar surface area (TPSA) is 36.1 Å². The molecule has 1 aliphatic rings. The standard InChI is InChI=1S/C14H14F2N2O/c1-18-4-2-3-12(18)14(19)9-7-17-11-6-8(15)5-10(16)13(9)11/h5-7,12,17H,2-4H2,1H3/t12-/m0/s1. The molecule has 19 heavy (non-hydrogen) atoms. The third kappa shape index (κ3) is 1.94. The van der Waals surface area contributed by atoms with Crippen LogP contribution in [0.4, 0.5) is 8.78 Å². The molecule has 1 saturated heterocycles. The van der Waals surface area contributed by atoms with Gasteiger partial charge in [-0.3, -0.25) is 9.69 Å². The van der Waals surface area contributed by atoms with Crippen molar-refractivity contribution in [1.29, 1.82) is 0 Å². The van der Waals surface area contributed by atoms with Crippen LogP contribution in [0.1, 0.15) is 23.2 Å². The second-order valence-electron chi connectivity index (χ2n) is 5.02. The number of fused-ring (bicyclic) bond motifs is 1. The van der Waals surface area contributed by atoms with E-state index >= 15 is 0 Å². The second kappa shape index (κ2) is 4.42. The third-order valence-electron chi connectivity index (χ3n) is 3.78. The Hall–Kier alpha value is -1.75. The number of aromatic nitrogens is 1. The van der Waals surface area contributed by atoms with E-state index in [1.807, 2.05) is 11.9 Å². The highest BCUT2D eigenvalue weighted by molar-refractivity contribution is 6.10. The number of nitrogens with one attached hydrogen (secondary N) is 1. The van der Waals surface area contributed by atoms with Gasteiger partial charge in [0.2, 0.25) is 0 Å². The van der Waals surface area contributed by atoms with Crippen LogP contribution in [0.3, 0.4) is 0 Å². The number of ketones is 1. The molecule has 2 heterocycles. The molecule has 3 rings (SSSR count). The zero-order valence-corrected chi connectivity index (χ0v) is 10.5. The molecule has 0 radical (unpaired) electrons. The number of carbonyl (C=O) groups excluding carboxylic acids is 1. The Labute approximate surface area is 109 Å². The van der Waals surface area contributed by atoms with Gasteiger partial charge in [0.05, 0.1) is 11.6 Å². The number of H-pyrrole nitrogens is 1. The maximum Gasteiger partial charge on any atom is 0.182 e. The molecule has 1 aromatic heterocycles. The summed E-state index contributed by atoms with van der Waals surface area (Å²) in [5, 5.41) is 0.187. The summed E-state index contributed by atoms with van der Waals surface area (Å²) in [6.07, 6.45) is 3.22. The summed E-state index contributed by atoms with van der Waals surface area (Å²) in [7, 11) is 1.89. The lowest BCUT2D eigenvalue weighted by Gasteiger charge is -2.17. The zero-order chi connectivity index (χ0) is 13.6. The van der Waals surface area contributed by atoms with Crippen LogP contribution in [0.2, 0.25) is 0 Å². The van der Waals surface area contributed by atoms with Gasteiger partial charge < -0.3 is 4.98 Å². The average Bonchev–Trinajstić information content (AvgIpc) is 2.94. The number of hydrogen-bond donors (Lipinski definition) is 1. The van der Waals surface area contributed by atoms with E-state index in [2.05, 4.69) is 4.98 Å². The Morgan fingerprint density at radius 1 is 1.42 bits per heavy atom. The number of carbonyl (C=O) groups is 1. The lowest BCUT2D eigenvalue weighted by molar-refractivity contribution is 0.0892. The van der Waals surface area contributed by atoms with Gasteiger partial charge in [-0.15, -0.1) is 0 Å². The van der Waals surface area contributed by atoms with E-state index in [0.717, 1.165) is 25.5 Å². The van der Waals surface area contributed by atoms with E-state index in [1.165, 1.54) is 12.3 Å². The summed E-state index contributed by atoms with van der Waals surface area (Å²) in [6.45, 7) is 0.871. The van der Waals surface area contributed by atoms with Crippen molar-refractivity contribution in [1.82, 2.24) is 9.88 Å². The minimum atomic E-state index is -0.694. The van der Waals surface area contributed by atoms with Crippen LogP contribution >= 0.6 is 0 Å². The van der Waals surface area contributed by atoms with Gasteiger partial charge in [0.1, 0.15) is 11.6 Å². The van der Waals surface area contributed by atoms with Crippen LogP contribution in [-0.2, 0) is 0 Å². The van der Waals surface area contributed by atoms with E-state index in [9.17, 15) is 13.6 Å². The molecule has 1 aromatic carbocycles. The average molecular weight is 264 g/mol. The van der Waals surface area contributed by atoms with Gasteiger partial charge in [0.25, 0.3) is 0 Å². The third-order valence-corrected chi connectivity index (χ3v) is 3.78. The molecule has 1 aliphatic heterocycles. The van der Waals surface area contributed by atoms with Gasteiger partial charge in [-0.1, -0.05) is 0 Å². The van der Waals surface area contributed by atoms with Gasteiger partial charge in [-0.2, -0.15) is 0 Å². The molecule has 0 aliphatic carbocycles. The number of benzene rings is 1. The minimum absolute atomic E-state index is 0.100. The largest absolute Gasteiger partial charge is 0.360 e. The van der Waals surface area contributed by atoms with Crippen LogP contribution in [0.15, 0.2) is 18.3 Å². The number of halogens is 2. The highest BCUT2D eigenvalue weighted by atomic mass is 19.1. The first kappa shape index (κ1) is 12.3. The highest BCUT2D eigenvalue weighted by Gasteiger charge is 2.30. The lowest BCUT2D eigenvalue weighted by Crippen LogP contribution is -2.32. The normalized spacial score (nSPS) is 20.3. The van der Waals surface area contributed by atoms with Crippen molar-refractivity contribution in [2.24, 2.45) is 0 Å². The van der Waals surface area contributed by atoms with E-state index in [-0.39, 0.29) is 17.2 Å². The predicted octanol–water partition coefficient (Wildman–Crippen LogP) is 2.72. The summed E-state index contributed by atoms with van der Waals surface area (Å²) in [5.41, 5.74) is 0.632. The van der Waals surface area contributed by atoms with Crippen LogP contribution < -0.4 is 0 Å². The number of Topliss-reactive ketones (excluding diaryl/α,β-unsaturated/α-hetero) is 1. The van der Waals surface area contributed by atoms with Crippen molar-refractivity contribution in [3.63, 3.8) is 0 Å². The maximum atomic E-state index is 13.9. The Balaban J connectivity index is 2.08. The first-order chi connectivity index (χ1) is 9.08. The highest BCUT2D eigenvalue weighted by Crippen LogP contribution is 2.27. The van der Waals surface area contributed by atoms with Gasteiger partial charge in [0.15, 0.2) is 5.78 Å². The molecule has 3 nitrogen and oxygen atoms in total. The fourth-order valence-electron chi connectivity index (χ4n) is 2.80. The Morgan fingerprint density at radius 3 is 2.89 bits per heavy atom. The molecule has 0 bridgehead atoms. The molecule has 2 aromatic rings. The number of nitrogens with zero attached hydrogens (tertiary/aromatic N) is 1. The number of hydrogen-bond acceptors (Lipinski definition) is 2. The van der Waals surface area contributed by atoms with Crippen molar-refractivity contribution in [2.45, 2.75) is 18.9 Å². The molecule has 1 fully saturated rings. The van der Waals surface area contributed by atoms with Crippen LogP contribution in [-0.4, -0.2) is 35.3 Å². The smallest absolute Gasteiger partial charge is 0.182 e. The van der Waals surface area contributed by atoms with Gasteiger partial charge >= 0.3 is 0 Å². The second-order valence-corrected chi connectivity index (χ2v) is 5.02. The molecule has 0 saturated carbocycles. The minimum Gasteiger partial charge on any atom is -0.360 e. The van der Waals surface area contributed by atoms with E-state index in [0.29, 0.717) is 11.1 Å². The van der Waals surface area contributed by atoms with Crippen molar-refractivity contribution >= 4 is 16.7 Å². The number of likely N-dealkylation sites (N-methyl/N-ethyl adjacent to an activating group) is 1. The van der Waals surface area contributed by atoms with E-state index < -0.39 is 11.6 Å². The molecule has 0 amide bonds. The fourth-order valence-corrected chi connectivity index (χ4v) is 2.80. The molecule has 1 N–H and O–H groups in total. The fraction of sp³-hybridized carbons (Fsp3) is 0.357. The van der Waals surface area contributed by atoms with E-state index in [1.54, 1.807) is 0 Å². The number of aromatic amines is 1. The van der Waals surface area contributed by atoms with Crippen molar-refractivity contribution in [3.8, 4) is 0 Å². The summed E-state index contributed by atoms with van der Waals surface area (Å²) in [4.78, 5) is 17.2. The molecule has 0 spiro atoms.